The molecule has 17 heavy (non-hydrogen) atoms. The fraction of sp³-hybridized carbons (Fsp3) is 0.364. The standard InChI is InChI=1S/C11H12ClF3N2/c1-2-3-10(16)17-9-6-7(11(13,14)15)4-5-8(9)12/h4-6H,2-3H2,1H3,(H2,16,17). The predicted molar refractivity (Wildman–Crippen MR) is 62.6 cm³/mol. The van der Waals surface area contributed by atoms with Gasteiger partial charge in [-0.3, -0.25) is 0 Å². The minimum atomic E-state index is -4.41. The highest BCUT2D eigenvalue weighted by Gasteiger charge is 2.30. The maximum absolute atomic E-state index is 12.5. The second-order valence-corrected chi connectivity index (χ2v) is 3.92. The van der Waals surface area contributed by atoms with Crippen molar-refractivity contribution in [2.24, 2.45) is 10.7 Å². The molecule has 1 aromatic carbocycles. The van der Waals surface area contributed by atoms with E-state index in [2.05, 4.69) is 4.99 Å². The van der Waals surface area contributed by atoms with Crippen LogP contribution in [0.2, 0.25) is 5.02 Å². The van der Waals surface area contributed by atoms with Crippen LogP contribution < -0.4 is 5.73 Å². The highest BCUT2D eigenvalue weighted by atomic mass is 35.5. The van der Waals surface area contributed by atoms with Crippen LogP contribution in [-0.2, 0) is 6.18 Å². The van der Waals surface area contributed by atoms with E-state index in [4.69, 9.17) is 17.3 Å². The second kappa shape index (κ2) is 5.40. The van der Waals surface area contributed by atoms with Crippen molar-refractivity contribution >= 4 is 23.1 Å². The van der Waals surface area contributed by atoms with E-state index in [-0.39, 0.29) is 16.5 Å². The van der Waals surface area contributed by atoms with Gasteiger partial charge in [0.05, 0.1) is 22.1 Å². The van der Waals surface area contributed by atoms with Crippen LogP contribution in [0.5, 0.6) is 0 Å². The zero-order chi connectivity index (χ0) is 13.1. The lowest BCUT2D eigenvalue weighted by atomic mass is 10.2. The Hall–Kier alpha value is -1.23. The lowest BCUT2D eigenvalue weighted by Crippen LogP contribution is -2.10. The number of amidine groups is 1. The van der Waals surface area contributed by atoms with Crippen LogP contribution in [0.25, 0.3) is 0 Å². The summed E-state index contributed by atoms with van der Waals surface area (Å²) in [6.45, 7) is 1.90. The maximum Gasteiger partial charge on any atom is 0.416 e. The minimum absolute atomic E-state index is 0.0486. The van der Waals surface area contributed by atoms with Crippen LogP contribution in [0.15, 0.2) is 23.2 Å². The summed E-state index contributed by atoms with van der Waals surface area (Å²) < 4.78 is 37.4. The molecule has 0 amide bonds. The van der Waals surface area contributed by atoms with Gasteiger partial charge in [-0.1, -0.05) is 18.5 Å². The minimum Gasteiger partial charge on any atom is -0.387 e. The highest BCUT2D eigenvalue weighted by Crippen LogP contribution is 2.35. The Morgan fingerprint density at radius 1 is 1.41 bits per heavy atom. The topological polar surface area (TPSA) is 38.4 Å². The van der Waals surface area contributed by atoms with Crippen molar-refractivity contribution in [1.29, 1.82) is 0 Å². The Labute approximate surface area is 102 Å². The molecule has 1 rings (SSSR count). The number of benzene rings is 1. The molecule has 0 aliphatic rings. The largest absolute Gasteiger partial charge is 0.416 e. The molecule has 0 spiro atoms. The molecule has 0 heterocycles. The molecule has 0 saturated carbocycles. The lowest BCUT2D eigenvalue weighted by Gasteiger charge is -2.08. The molecule has 0 bridgehead atoms. The zero-order valence-electron chi connectivity index (χ0n) is 9.18. The Kier molecular flexibility index (Phi) is 4.40. The van der Waals surface area contributed by atoms with Gasteiger partial charge in [0, 0.05) is 6.42 Å². The first-order valence-corrected chi connectivity index (χ1v) is 5.42. The number of nitrogens with zero attached hydrogens (tertiary/aromatic N) is 1. The molecular weight excluding hydrogens is 253 g/mol. The molecule has 0 aromatic heterocycles. The van der Waals surface area contributed by atoms with Crippen LogP contribution in [0.1, 0.15) is 25.3 Å². The second-order valence-electron chi connectivity index (χ2n) is 3.52. The van der Waals surface area contributed by atoms with Crippen LogP contribution in [0, 0.1) is 0 Å². The summed E-state index contributed by atoms with van der Waals surface area (Å²) in [6, 6.07) is 2.98. The molecule has 0 fully saturated rings. The molecule has 2 nitrogen and oxygen atoms in total. The van der Waals surface area contributed by atoms with Gasteiger partial charge in [0.2, 0.25) is 0 Å². The third kappa shape index (κ3) is 3.93. The van der Waals surface area contributed by atoms with Crippen LogP contribution in [-0.4, -0.2) is 5.84 Å². The summed E-state index contributed by atoms with van der Waals surface area (Å²) in [5, 5.41) is 0.150. The van der Waals surface area contributed by atoms with Gasteiger partial charge in [0.25, 0.3) is 0 Å². The van der Waals surface area contributed by atoms with Crippen molar-refractivity contribution in [2.75, 3.05) is 0 Å². The Morgan fingerprint density at radius 3 is 2.59 bits per heavy atom. The molecule has 0 saturated heterocycles. The predicted octanol–water partition coefficient (Wildman–Crippen LogP) is 4.15. The summed E-state index contributed by atoms with van der Waals surface area (Å²) in [4.78, 5) is 3.88. The van der Waals surface area contributed by atoms with E-state index >= 15 is 0 Å². The Balaban J connectivity index is 3.11. The van der Waals surface area contributed by atoms with Crippen LogP contribution in [0.4, 0.5) is 18.9 Å². The van der Waals surface area contributed by atoms with Crippen molar-refractivity contribution < 1.29 is 13.2 Å². The number of alkyl halides is 3. The molecule has 6 heteroatoms. The third-order valence-electron chi connectivity index (χ3n) is 2.04. The van der Waals surface area contributed by atoms with E-state index in [1.807, 2.05) is 6.92 Å². The van der Waals surface area contributed by atoms with Gasteiger partial charge >= 0.3 is 6.18 Å². The molecule has 0 atom stereocenters. The summed E-state index contributed by atoms with van der Waals surface area (Å²) in [5.41, 5.74) is 4.82. The summed E-state index contributed by atoms with van der Waals surface area (Å²) in [5.74, 6) is 0.272. The molecule has 0 aliphatic carbocycles. The van der Waals surface area contributed by atoms with E-state index < -0.39 is 11.7 Å². The summed E-state index contributed by atoms with van der Waals surface area (Å²) >= 11 is 5.76. The van der Waals surface area contributed by atoms with Gasteiger partial charge in [-0.25, -0.2) is 4.99 Å². The zero-order valence-corrected chi connectivity index (χ0v) is 9.94. The van der Waals surface area contributed by atoms with Crippen molar-refractivity contribution in [1.82, 2.24) is 0 Å². The number of nitrogens with two attached hydrogens (primary N) is 1. The van der Waals surface area contributed by atoms with E-state index in [0.717, 1.165) is 18.6 Å². The van der Waals surface area contributed by atoms with Gasteiger partial charge < -0.3 is 5.73 Å². The average molecular weight is 265 g/mol. The van der Waals surface area contributed by atoms with Gasteiger partial charge in [-0.2, -0.15) is 13.2 Å². The van der Waals surface area contributed by atoms with Crippen LogP contribution in [0.3, 0.4) is 0 Å². The van der Waals surface area contributed by atoms with Crippen molar-refractivity contribution in [3.63, 3.8) is 0 Å². The van der Waals surface area contributed by atoms with Gasteiger partial charge in [0.1, 0.15) is 0 Å². The van der Waals surface area contributed by atoms with Gasteiger partial charge in [-0.15, -0.1) is 0 Å². The molecule has 94 valence electrons. The first-order chi connectivity index (χ1) is 7.84. The Bertz CT molecular complexity index is 427. The number of halogens is 4. The number of hydrogen-bond acceptors (Lipinski definition) is 1. The maximum atomic E-state index is 12.5. The molecule has 0 unspecified atom stereocenters. The number of hydrogen-bond donors (Lipinski definition) is 1. The molecule has 2 N–H and O–H groups in total. The first kappa shape index (κ1) is 13.8. The van der Waals surface area contributed by atoms with Gasteiger partial charge in [0.15, 0.2) is 0 Å². The monoisotopic (exact) mass is 264 g/mol. The highest BCUT2D eigenvalue weighted by molar-refractivity contribution is 6.33. The fourth-order valence-electron chi connectivity index (χ4n) is 1.24. The first-order valence-electron chi connectivity index (χ1n) is 5.04. The normalized spacial score (nSPS) is 12.9. The van der Waals surface area contributed by atoms with E-state index in [9.17, 15) is 13.2 Å². The summed E-state index contributed by atoms with van der Waals surface area (Å²) in [7, 11) is 0. The van der Waals surface area contributed by atoms with Gasteiger partial charge in [-0.05, 0) is 24.6 Å². The van der Waals surface area contributed by atoms with Crippen molar-refractivity contribution in [3.8, 4) is 0 Å². The van der Waals surface area contributed by atoms with Crippen molar-refractivity contribution in [3.05, 3.63) is 28.8 Å². The molecule has 0 aliphatic heterocycles. The Morgan fingerprint density at radius 2 is 2.06 bits per heavy atom. The third-order valence-corrected chi connectivity index (χ3v) is 2.36. The van der Waals surface area contributed by atoms with Crippen molar-refractivity contribution in [2.45, 2.75) is 25.9 Å². The molecule has 0 radical (unpaired) electrons. The SMILES string of the molecule is CCCC(N)=Nc1cc(C(F)(F)F)ccc1Cl. The molecule has 1 aromatic rings. The quantitative estimate of drug-likeness (QED) is 0.646. The smallest absolute Gasteiger partial charge is 0.387 e. The van der Waals surface area contributed by atoms with Crippen LogP contribution >= 0.6 is 11.6 Å². The van der Waals surface area contributed by atoms with E-state index in [0.29, 0.717) is 6.42 Å². The average Bonchev–Trinajstić information content (AvgIpc) is 2.20. The fourth-order valence-corrected chi connectivity index (χ4v) is 1.40. The van der Waals surface area contributed by atoms with E-state index in [1.54, 1.807) is 0 Å². The number of aliphatic imine (C=N–C) groups is 1. The lowest BCUT2D eigenvalue weighted by molar-refractivity contribution is -0.137. The summed E-state index contributed by atoms with van der Waals surface area (Å²) in [6.07, 6.45) is -3.12. The number of rotatable bonds is 3. The molecular formula is C11H12ClF3N2. The van der Waals surface area contributed by atoms with E-state index in [1.165, 1.54) is 6.07 Å².